The molecule has 1 aliphatic rings. The zero-order chi connectivity index (χ0) is 16.9. The third-order valence-corrected chi connectivity index (χ3v) is 3.89. The van der Waals surface area contributed by atoms with Gasteiger partial charge in [0.15, 0.2) is 0 Å². The fourth-order valence-corrected chi connectivity index (χ4v) is 2.68. The number of carbonyl (C=O) groups excluding carboxylic acids is 1. The molecule has 1 fully saturated rings. The normalized spacial score (nSPS) is 17.4. The number of carbonyl (C=O) groups is 1. The van der Waals surface area contributed by atoms with Crippen molar-refractivity contribution in [2.45, 2.75) is 12.8 Å². The van der Waals surface area contributed by atoms with Crippen LogP contribution in [0.5, 0.6) is 11.6 Å². The monoisotopic (exact) mass is 331 g/mol. The molecule has 7 heteroatoms. The second kappa shape index (κ2) is 7.25. The summed E-state index contributed by atoms with van der Waals surface area (Å²) in [5.41, 5.74) is 0. The van der Waals surface area contributed by atoms with Crippen LogP contribution in [-0.4, -0.2) is 36.1 Å². The maximum Gasteiger partial charge on any atom is 0.310 e. The molecule has 1 aliphatic heterocycles. The Labute approximate surface area is 139 Å². The molecule has 0 aliphatic carbocycles. The number of benzene rings is 1. The second-order valence-corrected chi connectivity index (χ2v) is 5.56. The first kappa shape index (κ1) is 16.2. The Morgan fingerprint density at radius 2 is 2.08 bits per heavy atom. The van der Waals surface area contributed by atoms with Crippen LogP contribution >= 0.6 is 0 Å². The van der Waals surface area contributed by atoms with Crippen molar-refractivity contribution >= 4 is 11.9 Å². The quantitative estimate of drug-likeness (QED) is 0.803. The number of hydrogen-bond acceptors (Lipinski definition) is 6. The molecule has 0 radical (unpaired) electrons. The maximum absolute atomic E-state index is 12.9. The highest BCUT2D eigenvalue weighted by Gasteiger charge is 2.27. The van der Waals surface area contributed by atoms with Crippen LogP contribution in [0.15, 0.2) is 36.5 Å². The predicted molar refractivity (Wildman–Crippen MR) is 85.5 cm³/mol. The molecule has 2 aromatic rings. The number of ether oxygens (including phenoxy) is 2. The summed E-state index contributed by atoms with van der Waals surface area (Å²) in [6.45, 7) is 1.29. The minimum Gasteiger partial charge on any atom is -0.469 e. The van der Waals surface area contributed by atoms with Gasteiger partial charge in [0.2, 0.25) is 11.8 Å². The lowest BCUT2D eigenvalue weighted by atomic mass is 9.98. The van der Waals surface area contributed by atoms with Gasteiger partial charge in [-0.3, -0.25) is 4.79 Å². The minimum absolute atomic E-state index is 0.172. The molecule has 2 heterocycles. The molecule has 0 saturated carbocycles. The van der Waals surface area contributed by atoms with Gasteiger partial charge in [-0.2, -0.15) is 4.98 Å². The van der Waals surface area contributed by atoms with Crippen LogP contribution in [0.25, 0.3) is 0 Å². The van der Waals surface area contributed by atoms with Gasteiger partial charge in [-0.05, 0) is 37.1 Å². The zero-order valence-corrected chi connectivity index (χ0v) is 13.3. The van der Waals surface area contributed by atoms with Crippen LogP contribution in [0, 0.1) is 11.7 Å². The molecule has 0 bridgehead atoms. The molecule has 1 atom stereocenters. The van der Waals surface area contributed by atoms with E-state index in [0.717, 1.165) is 19.4 Å². The summed E-state index contributed by atoms with van der Waals surface area (Å²) >= 11 is 0. The van der Waals surface area contributed by atoms with Crippen molar-refractivity contribution in [2.75, 3.05) is 25.1 Å². The largest absolute Gasteiger partial charge is 0.469 e. The Morgan fingerprint density at radius 1 is 1.29 bits per heavy atom. The van der Waals surface area contributed by atoms with Crippen molar-refractivity contribution in [3.05, 3.63) is 42.3 Å². The molecular weight excluding hydrogens is 313 g/mol. The zero-order valence-electron chi connectivity index (χ0n) is 13.3. The van der Waals surface area contributed by atoms with Crippen LogP contribution < -0.4 is 9.64 Å². The van der Waals surface area contributed by atoms with Crippen molar-refractivity contribution < 1.29 is 18.7 Å². The molecule has 6 nitrogen and oxygen atoms in total. The Balaban J connectivity index is 1.72. The van der Waals surface area contributed by atoms with E-state index in [9.17, 15) is 9.18 Å². The summed E-state index contributed by atoms with van der Waals surface area (Å²) < 4.78 is 23.4. The van der Waals surface area contributed by atoms with Crippen molar-refractivity contribution in [1.82, 2.24) is 9.97 Å². The molecule has 1 aromatic heterocycles. The number of methoxy groups -OCH3 is 1. The maximum atomic E-state index is 12.9. The van der Waals surface area contributed by atoms with E-state index < -0.39 is 0 Å². The van der Waals surface area contributed by atoms with E-state index in [1.165, 1.54) is 31.4 Å². The molecule has 1 saturated heterocycles. The van der Waals surface area contributed by atoms with Crippen LogP contribution in [-0.2, 0) is 9.53 Å². The van der Waals surface area contributed by atoms with Crippen LogP contribution in [0.1, 0.15) is 12.8 Å². The summed E-state index contributed by atoms with van der Waals surface area (Å²) in [4.78, 5) is 22.3. The van der Waals surface area contributed by atoms with E-state index in [1.807, 2.05) is 4.90 Å². The Morgan fingerprint density at radius 3 is 2.83 bits per heavy atom. The molecule has 3 rings (SSSR count). The second-order valence-electron chi connectivity index (χ2n) is 5.56. The van der Waals surface area contributed by atoms with Crippen molar-refractivity contribution in [1.29, 1.82) is 0 Å². The highest BCUT2D eigenvalue weighted by molar-refractivity contribution is 5.73. The summed E-state index contributed by atoms with van der Waals surface area (Å²) in [5, 5.41) is 0. The van der Waals surface area contributed by atoms with E-state index in [4.69, 9.17) is 9.47 Å². The third-order valence-electron chi connectivity index (χ3n) is 3.89. The number of halogens is 1. The van der Waals surface area contributed by atoms with Crippen LogP contribution in [0.3, 0.4) is 0 Å². The molecular formula is C17H18FN3O3. The van der Waals surface area contributed by atoms with Gasteiger partial charge in [0.25, 0.3) is 0 Å². The van der Waals surface area contributed by atoms with Gasteiger partial charge < -0.3 is 14.4 Å². The molecule has 0 unspecified atom stereocenters. The first-order chi connectivity index (χ1) is 11.7. The van der Waals surface area contributed by atoms with E-state index in [-0.39, 0.29) is 17.7 Å². The van der Waals surface area contributed by atoms with E-state index in [1.54, 1.807) is 12.3 Å². The SMILES string of the molecule is COC(=O)[C@H]1CCCN(c2nccc(Oc3ccc(F)cc3)n2)C1. The molecule has 0 N–H and O–H groups in total. The lowest BCUT2D eigenvalue weighted by Gasteiger charge is -2.31. The lowest BCUT2D eigenvalue weighted by molar-refractivity contribution is -0.145. The van der Waals surface area contributed by atoms with Crippen LogP contribution in [0.4, 0.5) is 10.3 Å². The average Bonchev–Trinajstić information content (AvgIpc) is 2.63. The first-order valence-electron chi connectivity index (χ1n) is 7.75. The molecule has 1 aromatic carbocycles. The summed E-state index contributed by atoms with van der Waals surface area (Å²) in [6, 6.07) is 7.34. The molecule has 126 valence electrons. The average molecular weight is 331 g/mol. The smallest absolute Gasteiger partial charge is 0.310 e. The van der Waals surface area contributed by atoms with Gasteiger partial charge >= 0.3 is 5.97 Å². The predicted octanol–water partition coefficient (Wildman–Crippen LogP) is 2.80. The van der Waals surface area contributed by atoms with E-state index >= 15 is 0 Å². The van der Waals surface area contributed by atoms with Gasteiger partial charge in [0, 0.05) is 25.4 Å². The number of esters is 1. The highest BCUT2D eigenvalue weighted by Crippen LogP contribution is 2.24. The highest BCUT2D eigenvalue weighted by atomic mass is 19.1. The lowest BCUT2D eigenvalue weighted by Crippen LogP contribution is -2.40. The Hall–Kier alpha value is -2.70. The van der Waals surface area contributed by atoms with Crippen molar-refractivity contribution in [3.8, 4) is 11.6 Å². The van der Waals surface area contributed by atoms with Gasteiger partial charge in [0.05, 0.1) is 13.0 Å². The molecule has 0 spiro atoms. The summed E-state index contributed by atoms with van der Waals surface area (Å²) in [6.07, 6.45) is 3.27. The van der Waals surface area contributed by atoms with Crippen LogP contribution in [0.2, 0.25) is 0 Å². The fourth-order valence-electron chi connectivity index (χ4n) is 2.68. The fraction of sp³-hybridized carbons (Fsp3) is 0.353. The van der Waals surface area contributed by atoms with Crippen molar-refractivity contribution in [3.63, 3.8) is 0 Å². The number of nitrogens with zero attached hydrogens (tertiary/aromatic N) is 3. The number of hydrogen-bond donors (Lipinski definition) is 0. The number of aromatic nitrogens is 2. The summed E-state index contributed by atoms with van der Waals surface area (Å²) in [7, 11) is 1.40. The molecule has 24 heavy (non-hydrogen) atoms. The Kier molecular flexibility index (Phi) is 4.88. The van der Waals surface area contributed by atoms with Gasteiger partial charge in [-0.1, -0.05) is 0 Å². The van der Waals surface area contributed by atoms with Crippen molar-refractivity contribution in [2.24, 2.45) is 5.92 Å². The van der Waals surface area contributed by atoms with Gasteiger partial charge in [-0.25, -0.2) is 9.37 Å². The Bertz CT molecular complexity index is 708. The third kappa shape index (κ3) is 3.79. The number of anilines is 1. The number of rotatable bonds is 4. The molecule has 0 amide bonds. The van der Waals surface area contributed by atoms with Gasteiger partial charge in [0.1, 0.15) is 11.6 Å². The van der Waals surface area contributed by atoms with E-state index in [2.05, 4.69) is 9.97 Å². The van der Waals surface area contributed by atoms with Gasteiger partial charge in [-0.15, -0.1) is 0 Å². The first-order valence-corrected chi connectivity index (χ1v) is 7.75. The number of piperidine rings is 1. The standard InChI is InChI=1S/C17H18FN3O3/c1-23-16(22)12-3-2-10-21(11-12)17-19-9-8-15(20-17)24-14-6-4-13(18)5-7-14/h4-9,12H,2-3,10-11H2,1H3/t12-/m0/s1. The topological polar surface area (TPSA) is 64.5 Å². The minimum atomic E-state index is -0.326. The van der Waals surface area contributed by atoms with E-state index in [0.29, 0.717) is 24.1 Å². The summed E-state index contributed by atoms with van der Waals surface area (Å²) in [5.74, 6) is 0.655.